The number of hydrogen-bond acceptors (Lipinski definition) is 5. The van der Waals surface area contributed by atoms with Crippen LogP contribution in [-0.4, -0.2) is 28.0 Å². The number of nitrogens with zero attached hydrogens (tertiary/aromatic N) is 1. The predicted octanol–water partition coefficient (Wildman–Crippen LogP) is 2.23. The normalized spacial score (nSPS) is 12.1. The molecule has 6 nitrogen and oxygen atoms in total. The minimum absolute atomic E-state index is 0.00445. The second-order valence-electron chi connectivity index (χ2n) is 4.54. The van der Waals surface area contributed by atoms with Crippen molar-refractivity contribution in [2.24, 2.45) is 0 Å². The van der Waals surface area contributed by atoms with Crippen LogP contribution in [0.5, 0.6) is 0 Å². The molecule has 0 aliphatic rings. The minimum Gasteiger partial charge on any atom is -0.480 e. The van der Waals surface area contributed by atoms with E-state index >= 15 is 0 Å². The van der Waals surface area contributed by atoms with Gasteiger partial charge < -0.3 is 14.8 Å². The number of carboxylic acid groups (broad SMARTS) is 1. The minimum atomic E-state index is -1.04. The maximum absolute atomic E-state index is 11.9. The Morgan fingerprint density at radius 2 is 2.29 bits per heavy atom. The molecule has 112 valence electrons. The Morgan fingerprint density at radius 1 is 1.52 bits per heavy atom. The van der Waals surface area contributed by atoms with Crippen molar-refractivity contribution < 1.29 is 19.1 Å². The number of amides is 1. The third-order valence-electron chi connectivity index (χ3n) is 2.99. The molecule has 0 bridgehead atoms. The average Bonchev–Trinajstić information content (AvgIpc) is 3.06. The Balaban J connectivity index is 2.06. The molecule has 2 heterocycles. The first-order valence-electron chi connectivity index (χ1n) is 6.53. The molecule has 2 aromatic rings. The van der Waals surface area contributed by atoms with Gasteiger partial charge in [-0.25, -0.2) is 9.78 Å². The Hall–Kier alpha value is -2.15. The van der Waals surface area contributed by atoms with Gasteiger partial charge in [-0.15, -0.1) is 11.3 Å². The van der Waals surface area contributed by atoms with Gasteiger partial charge in [-0.3, -0.25) is 4.79 Å². The topological polar surface area (TPSA) is 92.4 Å². The molecule has 0 fully saturated rings. The lowest BCUT2D eigenvalue weighted by atomic mass is 10.2. The molecule has 2 rings (SSSR count). The van der Waals surface area contributed by atoms with E-state index in [-0.39, 0.29) is 12.3 Å². The number of rotatable bonds is 6. The van der Waals surface area contributed by atoms with Crippen molar-refractivity contribution in [3.8, 4) is 10.8 Å². The molecule has 0 aromatic carbocycles. The molecule has 0 radical (unpaired) electrons. The molecule has 1 atom stereocenters. The lowest BCUT2D eigenvalue weighted by Gasteiger charge is -2.11. The number of aromatic nitrogens is 1. The fourth-order valence-corrected chi connectivity index (χ4v) is 2.48. The first-order valence-corrected chi connectivity index (χ1v) is 7.41. The lowest BCUT2D eigenvalue weighted by molar-refractivity contribution is -0.141. The van der Waals surface area contributed by atoms with Gasteiger partial charge in [0.2, 0.25) is 11.8 Å². The van der Waals surface area contributed by atoms with E-state index in [0.29, 0.717) is 23.8 Å². The Labute approximate surface area is 125 Å². The van der Waals surface area contributed by atoms with Gasteiger partial charge in [0.1, 0.15) is 11.8 Å². The van der Waals surface area contributed by atoms with Crippen molar-refractivity contribution in [3.05, 3.63) is 29.0 Å². The first kappa shape index (κ1) is 15.2. The van der Waals surface area contributed by atoms with Gasteiger partial charge in [-0.1, -0.05) is 13.0 Å². The molecular formula is C14H16N2O4S. The summed E-state index contributed by atoms with van der Waals surface area (Å²) >= 11 is 1.50. The smallest absolute Gasteiger partial charge is 0.326 e. The molecule has 1 unspecified atom stereocenters. The van der Waals surface area contributed by atoms with Gasteiger partial charge in [-0.05, 0) is 24.8 Å². The van der Waals surface area contributed by atoms with E-state index in [1.165, 1.54) is 11.3 Å². The third-order valence-corrected chi connectivity index (χ3v) is 3.85. The molecule has 1 amide bonds. The van der Waals surface area contributed by atoms with Crippen LogP contribution in [0.2, 0.25) is 0 Å². The van der Waals surface area contributed by atoms with Crippen molar-refractivity contribution in [2.75, 3.05) is 0 Å². The van der Waals surface area contributed by atoms with Crippen LogP contribution in [0.4, 0.5) is 0 Å². The van der Waals surface area contributed by atoms with Gasteiger partial charge >= 0.3 is 5.97 Å². The van der Waals surface area contributed by atoms with E-state index in [0.717, 1.165) is 4.88 Å². The summed E-state index contributed by atoms with van der Waals surface area (Å²) in [5, 5.41) is 13.3. The molecule has 0 saturated heterocycles. The van der Waals surface area contributed by atoms with E-state index in [9.17, 15) is 9.59 Å². The average molecular weight is 308 g/mol. The van der Waals surface area contributed by atoms with Crippen molar-refractivity contribution in [1.82, 2.24) is 10.3 Å². The number of thiophene rings is 1. The van der Waals surface area contributed by atoms with Crippen LogP contribution in [0.3, 0.4) is 0 Å². The number of carbonyl (C=O) groups excluding carboxylic acids is 1. The predicted molar refractivity (Wildman–Crippen MR) is 78.1 cm³/mol. The highest BCUT2D eigenvalue weighted by Gasteiger charge is 2.20. The van der Waals surface area contributed by atoms with Crippen molar-refractivity contribution in [3.63, 3.8) is 0 Å². The molecule has 2 N–H and O–H groups in total. The third kappa shape index (κ3) is 3.69. The van der Waals surface area contributed by atoms with Crippen LogP contribution in [0.25, 0.3) is 10.8 Å². The van der Waals surface area contributed by atoms with Crippen LogP contribution in [0, 0.1) is 6.92 Å². The zero-order valence-electron chi connectivity index (χ0n) is 11.8. The Bertz CT molecular complexity index is 633. The van der Waals surface area contributed by atoms with E-state index < -0.39 is 12.0 Å². The Morgan fingerprint density at radius 3 is 2.86 bits per heavy atom. The highest BCUT2D eigenvalue weighted by atomic mass is 32.1. The highest BCUT2D eigenvalue weighted by Crippen LogP contribution is 2.26. The second-order valence-corrected chi connectivity index (χ2v) is 5.49. The van der Waals surface area contributed by atoms with Gasteiger partial charge in [0.15, 0.2) is 0 Å². The number of hydrogen-bond donors (Lipinski definition) is 2. The number of aliphatic carboxylic acids is 1. The maximum atomic E-state index is 11.9. The van der Waals surface area contributed by atoms with Crippen LogP contribution >= 0.6 is 11.3 Å². The number of aryl methyl sites for hydroxylation is 1. The van der Waals surface area contributed by atoms with Gasteiger partial charge in [0.25, 0.3) is 0 Å². The van der Waals surface area contributed by atoms with E-state index in [2.05, 4.69) is 10.3 Å². The number of oxazole rings is 1. The van der Waals surface area contributed by atoms with Crippen LogP contribution in [-0.2, 0) is 16.0 Å². The summed E-state index contributed by atoms with van der Waals surface area (Å²) in [7, 11) is 0. The summed E-state index contributed by atoms with van der Waals surface area (Å²) in [4.78, 5) is 28.0. The summed E-state index contributed by atoms with van der Waals surface area (Å²) < 4.78 is 5.54. The molecule has 2 aromatic heterocycles. The summed E-state index contributed by atoms with van der Waals surface area (Å²) in [5.41, 5.74) is 0.524. The van der Waals surface area contributed by atoms with Crippen molar-refractivity contribution in [2.45, 2.75) is 32.7 Å². The van der Waals surface area contributed by atoms with Gasteiger partial charge in [-0.2, -0.15) is 0 Å². The van der Waals surface area contributed by atoms with Crippen LogP contribution < -0.4 is 5.32 Å². The highest BCUT2D eigenvalue weighted by molar-refractivity contribution is 7.13. The number of carboxylic acids is 1. The molecular weight excluding hydrogens is 292 g/mol. The van der Waals surface area contributed by atoms with Gasteiger partial charge in [0, 0.05) is 0 Å². The van der Waals surface area contributed by atoms with Crippen molar-refractivity contribution in [1.29, 1.82) is 0 Å². The number of carbonyl (C=O) groups is 2. The second kappa shape index (κ2) is 6.53. The quantitative estimate of drug-likeness (QED) is 0.853. The SMILES string of the molecule is CCC(NC(=O)Cc1nc(-c2cccs2)oc1C)C(=O)O. The summed E-state index contributed by atoms with van der Waals surface area (Å²) in [5.74, 6) is -0.368. The molecule has 21 heavy (non-hydrogen) atoms. The van der Waals surface area contributed by atoms with Crippen molar-refractivity contribution >= 4 is 23.2 Å². The standard InChI is InChI=1S/C14H16N2O4S/c1-3-9(14(18)19)15-12(17)7-10-8(2)20-13(16-10)11-5-4-6-21-11/h4-6,9H,3,7H2,1-2H3,(H,15,17)(H,18,19). The summed E-state index contributed by atoms with van der Waals surface area (Å²) in [6.45, 7) is 3.44. The van der Waals surface area contributed by atoms with E-state index in [4.69, 9.17) is 9.52 Å². The molecule has 0 spiro atoms. The molecule has 0 aliphatic heterocycles. The van der Waals surface area contributed by atoms with E-state index in [1.54, 1.807) is 13.8 Å². The fraction of sp³-hybridized carbons (Fsp3) is 0.357. The molecule has 0 aliphatic carbocycles. The molecule has 7 heteroatoms. The largest absolute Gasteiger partial charge is 0.480 e. The van der Waals surface area contributed by atoms with E-state index in [1.807, 2.05) is 17.5 Å². The lowest BCUT2D eigenvalue weighted by Crippen LogP contribution is -2.41. The fourth-order valence-electron chi connectivity index (χ4n) is 1.83. The van der Waals surface area contributed by atoms with Crippen LogP contribution in [0.1, 0.15) is 24.8 Å². The monoisotopic (exact) mass is 308 g/mol. The number of nitrogens with one attached hydrogen (secondary N) is 1. The van der Waals surface area contributed by atoms with Crippen LogP contribution in [0.15, 0.2) is 21.9 Å². The zero-order valence-corrected chi connectivity index (χ0v) is 12.6. The van der Waals surface area contributed by atoms with Gasteiger partial charge in [0.05, 0.1) is 17.0 Å². The Kier molecular flexibility index (Phi) is 4.74. The summed E-state index contributed by atoms with van der Waals surface area (Å²) in [6.07, 6.45) is 0.337. The first-order chi connectivity index (χ1) is 10.0. The summed E-state index contributed by atoms with van der Waals surface area (Å²) in [6, 6.07) is 2.91. The molecule has 0 saturated carbocycles. The zero-order chi connectivity index (χ0) is 15.4. The maximum Gasteiger partial charge on any atom is 0.326 e.